The fraction of sp³-hybridized carbons (Fsp3) is 0.458. The normalized spacial score (nSPS) is 16.0. The first kappa shape index (κ1) is 20.4. The Labute approximate surface area is 168 Å². The SMILES string of the molecule is CNCCC1CCN(C(=O)C(C)Oc2ccccc2Cc2ccccc2)CC1. The summed E-state index contributed by atoms with van der Waals surface area (Å²) in [7, 11) is 1.99. The number of hydrogen-bond donors (Lipinski definition) is 1. The van der Waals surface area contributed by atoms with Gasteiger partial charge in [0, 0.05) is 19.5 Å². The Bertz CT molecular complexity index is 739. The first-order valence-electron chi connectivity index (χ1n) is 10.4. The molecule has 0 saturated carbocycles. The molecule has 1 unspecified atom stereocenters. The fourth-order valence-corrected chi connectivity index (χ4v) is 3.87. The number of amides is 1. The minimum Gasteiger partial charge on any atom is -0.481 e. The summed E-state index contributed by atoms with van der Waals surface area (Å²) in [4.78, 5) is 14.9. The average Bonchev–Trinajstić information content (AvgIpc) is 2.74. The lowest BCUT2D eigenvalue weighted by molar-refractivity contribution is -0.139. The average molecular weight is 381 g/mol. The number of carbonyl (C=O) groups is 1. The molecule has 0 aromatic heterocycles. The molecular formula is C24H32N2O2. The molecule has 1 fully saturated rings. The van der Waals surface area contributed by atoms with E-state index in [4.69, 9.17) is 4.74 Å². The second kappa shape index (κ2) is 10.3. The van der Waals surface area contributed by atoms with Crippen LogP contribution in [0.5, 0.6) is 5.75 Å². The topological polar surface area (TPSA) is 41.6 Å². The molecule has 2 aromatic rings. The van der Waals surface area contributed by atoms with Gasteiger partial charge in [-0.15, -0.1) is 0 Å². The van der Waals surface area contributed by atoms with Crippen LogP contribution in [0, 0.1) is 5.92 Å². The van der Waals surface area contributed by atoms with Crippen LogP contribution >= 0.6 is 0 Å². The zero-order valence-corrected chi connectivity index (χ0v) is 17.1. The molecule has 0 radical (unpaired) electrons. The van der Waals surface area contributed by atoms with Crippen molar-refractivity contribution in [3.05, 3.63) is 65.7 Å². The number of nitrogens with one attached hydrogen (secondary N) is 1. The molecule has 2 aromatic carbocycles. The van der Waals surface area contributed by atoms with Gasteiger partial charge in [0.25, 0.3) is 5.91 Å². The van der Waals surface area contributed by atoms with Crippen LogP contribution in [-0.4, -0.2) is 43.6 Å². The van der Waals surface area contributed by atoms with Gasteiger partial charge in [0.15, 0.2) is 6.10 Å². The van der Waals surface area contributed by atoms with Gasteiger partial charge < -0.3 is 15.0 Å². The first-order valence-corrected chi connectivity index (χ1v) is 10.4. The summed E-state index contributed by atoms with van der Waals surface area (Å²) in [6, 6.07) is 18.4. The van der Waals surface area contributed by atoms with Crippen LogP contribution in [0.1, 0.15) is 37.3 Å². The van der Waals surface area contributed by atoms with Gasteiger partial charge in [0.1, 0.15) is 5.75 Å². The second-order valence-electron chi connectivity index (χ2n) is 7.69. The van der Waals surface area contributed by atoms with Crippen LogP contribution in [0.4, 0.5) is 0 Å². The number of piperidine rings is 1. The molecule has 4 nitrogen and oxygen atoms in total. The molecule has 1 heterocycles. The van der Waals surface area contributed by atoms with Gasteiger partial charge in [-0.25, -0.2) is 0 Å². The molecule has 1 atom stereocenters. The molecule has 1 N–H and O–H groups in total. The molecule has 150 valence electrons. The third-order valence-corrected chi connectivity index (χ3v) is 5.59. The van der Waals surface area contributed by atoms with E-state index < -0.39 is 6.10 Å². The second-order valence-corrected chi connectivity index (χ2v) is 7.69. The van der Waals surface area contributed by atoms with Crippen LogP contribution in [0.25, 0.3) is 0 Å². The lowest BCUT2D eigenvalue weighted by Crippen LogP contribution is -2.45. The van der Waals surface area contributed by atoms with Crippen LogP contribution in [0.15, 0.2) is 54.6 Å². The lowest BCUT2D eigenvalue weighted by atomic mass is 9.93. The van der Waals surface area contributed by atoms with Gasteiger partial charge in [0.2, 0.25) is 0 Å². The van der Waals surface area contributed by atoms with E-state index in [0.717, 1.165) is 56.1 Å². The highest BCUT2D eigenvalue weighted by Gasteiger charge is 2.27. The summed E-state index contributed by atoms with van der Waals surface area (Å²) in [6.07, 6.45) is 3.70. The highest BCUT2D eigenvalue weighted by molar-refractivity contribution is 5.81. The largest absolute Gasteiger partial charge is 0.481 e. The minimum atomic E-state index is -0.467. The lowest BCUT2D eigenvalue weighted by Gasteiger charge is -2.33. The molecule has 0 bridgehead atoms. The molecule has 0 spiro atoms. The van der Waals surface area contributed by atoms with Crippen LogP contribution in [0.2, 0.25) is 0 Å². The Kier molecular flexibility index (Phi) is 7.49. The predicted octanol–water partition coefficient (Wildman–Crippen LogP) is 3.89. The summed E-state index contributed by atoms with van der Waals surface area (Å²) >= 11 is 0. The first-order chi connectivity index (χ1) is 13.7. The van der Waals surface area contributed by atoms with Crippen molar-refractivity contribution in [1.82, 2.24) is 10.2 Å². The van der Waals surface area contributed by atoms with E-state index >= 15 is 0 Å². The minimum absolute atomic E-state index is 0.0987. The van der Waals surface area contributed by atoms with E-state index in [1.165, 1.54) is 12.0 Å². The van der Waals surface area contributed by atoms with Crippen molar-refractivity contribution >= 4 is 5.91 Å². The molecule has 1 amide bonds. The van der Waals surface area contributed by atoms with Gasteiger partial charge in [-0.3, -0.25) is 4.79 Å². The number of benzene rings is 2. The van der Waals surface area contributed by atoms with E-state index in [9.17, 15) is 4.79 Å². The summed E-state index contributed by atoms with van der Waals surface area (Å²) in [6.45, 7) is 4.60. The van der Waals surface area contributed by atoms with Gasteiger partial charge >= 0.3 is 0 Å². The Morgan fingerprint density at radius 2 is 1.79 bits per heavy atom. The van der Waals surface area contributed by atoms with Crippen molar-refractivity contribution in [3.8, 4) is 5.75 Å². The van der Waals surface area contributed by atoms with Gasteiger partial charge in [-0.2, -0.15) is 0 Å². The van der Waals surface area contributed by atoms with Gasteiger partial charge in [-0.1, -0.05) is 48.5 Å². The predicted molar refractivity (Wildman–Crippen MR) is 114 cm³/mol. The molecule has 1 aliphatic rings. The van der Waals surface area contributed by atoms with Crippen molar-refractivity contribution in [3.63, 3.8) is 0 Å². The maximum Gasteiger partial charge on any atom is 0.263 e. The maximum absolute atomic E-state index is 12.9. The molecular weight excluding hydrogens is 348 g/mol. The fourth-order valence-electron chi connectivity index (χ4n) is 3.87. The monoisotopic (exact) mass is 380 g/mol. The Hall–Kier alpha value is -2.33. The summed E-state index contributed by atoms with van der Waals surface area (Å²) < 4.78 is 6.12. The zero-order chi connectivity index (χ0) is 19.8. The standard InChI is InChI=1S/C24H32N2O2/c1-19(24(27)26-16-13-20(14-17-26)12-15-25-2)28-23-11-7-6-10-22(23)18-21-8-4-3-5-9-21/h3-11,19-20,25H,12-18H2,1-2H3. The third kappa shape index (κ3) is 5.59. The van der Waals surface area contributed by atoms with Crippen molar-refractivity contribution in [2.24, 2.45) is 5.92 Å². The van der Waals surface area contributed by atoms with Crippen molar-refractivity contribution in [1.29, 1.82) is 0 Å². The number of rotatable bonds is 8. The van der Waals surface area contributed by atoms with Crippen molar-refractivity contribution in [2.75, 3.05) is 26.7 Å². The number of hydrogen-bond acceptors (Lipinski definition) is 3. The molecule has 3 rings (SSSR count). The van der Waals surface area contributed by atoms with E-state index in [2.05, 4.69) is 23.5 Å². The smallest absolute Gasteiger partial charge is 0.263 e. The maximum atomic E-state index is 12.9. The van der Waals surface area contributed by atoms with Crippen LogP contribution in [-0.2, 0) is 11.2 Å². The van der Waals surface area contributed by atoms with Gasteiger partial charge in [-0.05, 0) is 62.9 Å². The number of nitrogens with zero attached hydrogens (tertiary/aromatic N) is 1. The van der Waals surface area contributed by atoms with E-state index in [0.29, 0.717) is 0 Å². The Balaban J connectivity index is 1.57. The van der Waals surface area contributed by atoms with E-state index in [1.54, 1.807) is 0 Å². The highest BCUT2D eigenvalue weighted by atomic mass is 16.5. The summed E-state index contributed by atoms with van der Waals surface area (Å²) in [5.74, 6) is 1.62. The molecule has 0 aliphatic carbocycles. The Morgan fingerprint density at radius 1 is 1.11 bits per heavy atom. The van der Waals surface area contributed by atoms with E-state index in [1.807, 2.05) is 55.3 Å². The Morgan fingerprint density at radius 3 is 2.50 bits per heavy atom. The van der Waals surface area contributed by atoms with E-state index in [-0.39, 0.29) is 5.91 Å². The van der Waals surface area contributed by atoms with Crippen LogP contribution in [0.3, 0.4) is 0 Å². The van der Waals surface area contributed by atoms with Crippen molar-refractivity contribution in [2.45, 2.75) is 38.7 Å². The molecule has 4 heteroatoms. The quantitative estimate of drug-likeness (QED) is 0.755. The van der Waals surface area contributed by atoms with Crippen LogP contribution < -0.4 is 10.1 Å². The zero-order valence-electron chi connectivity index (χ0n) is 17.1. The number of para-hydroxylation sites is 1. The third-order valence-electron chi connectivity index (χ3n) is 5.59. The highest BCUT2D eigenvalue weighted by Crippen LogP contribution is 2.24. The summed E-state index contributed by atoms with van der Waals surface area (Å²) in [5, 5.41) is 3.22. The van der Waals surface area contributed by atoms with Gasteiger partial charge in [0.05, 0.1) is 0 Å². The number of carbonyl (C=O) groups excluding carboxylic acids is 1. The number of likely N-dealkylation sites (tertiary alicyclic amines) is 1. The molecule has 28 heavy (non-hydrogen) atoms. The molecule has 1 saturated heterocycles. The summed E-state index contributed by atoms with van der Waals surface area (Å²) in [5.41, 5.74) is 2.35. The number of ether oxygens (including phenoxy) is 1. The molecule has 1 aliphatic heterocycles. The van der Waals surface area contributed by atoms with Crippen molar-refractivity contribution < 1.29 is 9.53 Å².